The molecule has 0 aromatic heterocycles. The topological polar surface area (TPSA) is 175 Å². The Morgan fingerprint density at radius 2 is 1.36 bits per heavy atom. The molecule has 0 spiro atoms. The number of esters is 4. The summed E-state index contributed by atoms with van der Waals surface area (Å²) in [6.45, 7) is 5.97. The van der Waals surface area contributed by atoms with E-state index in [2.05, 4.69) is 0 Å². The first-order valence-electron chi connectivity index (χ1n) is 13.3. The highest BCUT2D eigenvalue weighted by Gasteiger charge is 2.39. The third kappa shape index (κ3) is 9.58. The lowest BCUT2D eigenvalue weighted by Gasteiger charge is -2.28. The van der Waals surface area contributed by atoms with Gasteiger partial charge in [-0.05, 0) is 75.7 Å². The lowest BCUT2D eigenvalue weighted by atomic mass is 10.1. The number of hydrogen-bond acceptors (Lipinski definition) is 10. The van der Waals surface area contributed by atoms with E-state index in [0.717, 1.165) is 4.90 Å². The van der Waals surface area contributed by atoms with E-state index in [9.17, 15) is 24.0 Å². The number of hydrogen-bond donors (Lipinski definition) is 2. The number of nitrogens with zero attached hydrogens (tertiary/aromatic N) is 1. The van der Waals surface area contributed by atoms with Gasteiger partial charge in [0.1, 0.15) is 11.6 Å². The van der Waals surface area contributed by atoms with Crippen molar-refractivity contribution in [3.63, 3.8) is 0 Å². The lowest BCUT2D eigenvalue weighted by Crippen LogP contribution is -2.52. The summed E-state index contributed by atoms with van der Waals surface area (Å²) >= 11 is 0. The van der Waals surface area contributed by atoms with Crippen LogP contribution in [0.5, 0.6) is 5.75 Å². The van der Waals surface area contributed by atoms with Crippen LogP contribution in [0.4, 0.5) is 0 Å². The number of ether oxygens (including phenoxy) is 4. The number of rotatable bonds is 14. The second-order valence-corrected chi connectivity index (χ2v) is 8.74. The maximum Gasteiger partial charge on any atom is 0.343 e. The molecular formula is C30H35N3O9. The fourth-order valence-corrected chi connectivity index (χ4v) is 3.71. The summed E-state index contributed by atoms with van der Waals surface area (Å²) < 4.78 is 20.3. The highest BCUT2D eigenvalue weighted by molar-refractivity contribution is 6.06. The fourth-order valence-electron chi connectivity index (χ4n) is 3.71. The Labute approximate surface area is 243 Å². The largest absolute Gasteiger partial charge is 0.466 e. The molecule has 0 saturated heterocycles. The second-order valence-electron chi connectivity index (χ2n) is 8.74. The van der Waals surface area contributed by atoms with Gasteiger partial charge in [-0.2, -0.15) is 0 Å². The van der Waals surface area contributed by atoms with Crippen LogP contribution >= 0.6 is 0 Å². The van der Waals surface area contributed by atoms with E-state index in [-0.39, 0.29) is 55.5 Å². The van der Waals surface area contributed by atoms with E-state index in [4.69, 9.17) is 30.1 Å². The van der Waals surface area contributed by atoms with Gasteiger partial charge in [0.15, 0.2) is 0 Å². The first kappa shape index (κ1) is 33.2. The van der Waals surface area contributed by atoms with Gasteiger partial charge in [0, 0.05) is 17.7 Å². The van der Waals surface area contributed by atoms with Crippen molar-refractivity contribution in [1.29, 1.82) is 5.41 Å². The molecule has 12 nitrogen and oxygen atoms in total. The van der Waals surface area contributed by atoms with Crippen molar-refractivity contribution in [1.82, 2.24) is 4.90 Å². The van der Waals surface area contributed by atoms with Gasteiger partial charge >= 0.3 is 23.9 Å². The van der Waals surface area contributed by atoms with Gasteiger partial charge in [-0.25, -0.2) is 14.4 Å². The predicted octanol–water partition coefficient (Wildman–Crippen LogP) is 2.87. The normalized spacial score (nSPS) is 10.9. The summed E-state index contributed by atoms with van der Waals surface area (Å²) in [5, 5.41) is 7.43. The lowest BCUT2D eigenvalue weighted by molar-refractivity contribution is -0.167. The quantitative estimate of drug-likeness (QED) is 0.0642. The maximum absolute atomic E-state index is 13.5. The van der Waals surface area contributed by atoms with E-state index in [1.54, 1.807) is 45.0 Å². The second kappa shape index (κ2) is 16.3. The highest BCUT2D eigenvalue weighted by atomic mass is 16.6. The van der Waals surface area contributed by atoms with Gasteiger partial charge in [-0.1, -0.05) is 12.1 Å². The summed E-state index contributed by atoms with van der Waals surface area (Å²) in [6, 6.07) is 10.6. The zero-order valence-corrected chi connectivity index (χ0v) is 24.0. The van der Waals surface area contributed by atoms with Crippen LogP contribution in [-0.4, -0.2) is 72.9 Å². The van der Waals surface area contributed by atoms with Gasteiger partial charge in [0.2, 0.25) is 6.04 Å². The first-order valence-corrected chi connectivity index (χ1v) is 13.3. The molecule has 0 aliphatic heterocycles. The molecule has 0 bridgehead atoms. The number of benzene rings is 2. The van der Waals surface area contributed by atoms with Crippen molar-refractivity contribution in [2.45, 2.75) is 40.2 Å². The van der Waals surface area contributed by atoms with Gasteiger partial charge < -0.3 is 29.6 Å². The van der Waals surface area contributed by atoms with Gasteiger partial charge in [-0.3, -0.25) is 15.0 Å². The standard InChI is InChI=1S/C30H35N3O9/c1-5-39-24(34)16-17-33(25(29(37)40-6-2)30(38)41-7-3)27(35)19(4)18-20-8-10-22(11-9-20)28(36)42-23-14-12-21(13-15-23)26(31)32/h8-15,18,25H,5-7,16-17H2,1-4H3,(H3,31,32)/b19-18+. The van der Waals surface area contributed by atoms with Crippen molar-refractivity contribution < 1.29 is 42.9 Å². The van der Waals surface area contributed by atoms with Crippen molar-refractivity contribution in [2.24, 2.45) is 5.73 Å². The molecule has 0 radical (unpaired) electrons. The van der Waals surface area contributed by atoms with Crippen LogP contribution in [-0.2, 0) is 33.4 Å². The van der Waals surface area contributed by atoms with Crippen LogP contribution < -0.4 is 10.5 Å². The summed E-state index contributed by atoms with van der Waals surface area (Å²) in [7, 11) is 0. The molecule has 2 aromatic carbocycles. The number of carbonyl (C=O) groups is 5. The number of nitrogens with two attached hydrogens (primary N) is 1. The molecule has 0 fully saturated rings. The Kier molecular flexibility index (Phi) is 12.9. The molecule has 2 aromatic rings. The molecule has 0 heterocycles. The minimum Gasteiger partial charge on any atom is -0.466 e. The minimum atomic E-state index is -1.73. The molecule has 0 aliphatic rings. The summed E-state index contributed by atoms with van der Waals surface area (Å²) in [4.78, 5) is 64.5. The Balaban J connectivity index is 2.27. The van der Waals surface area contributed by atoms with E-state index in [0.29, 0.717) is 11.1 Å². The van der Waals surface area contributed by atoms with Crippen LogP contribution in [0, 0.1) is 5.41 Å². The monoisotopic (exact) mass is 581 g/mol. The highest BCUT2D eigenvalue weighted by Crippen LogP contribution is 2.18. The van der Waals surface area contributed by atoms with E-state index >= 15 is 0 Å². The van der Waals surface area contributed by atoms with Gasteiger partial charge in [0.25, 0.3) is 5.91 Å². The molecule has 0 unspecified atom stereocenters. The molecule has 42 heavy (non-hydrogen) atoms. The fraction of sp³-hybridized carbons (Fsp3) is 0.333. The molecule has 12 heteroatoms. The third-order valence-corrected chi connectivity index (χ3v) is 5.70. The molecule has 0 saturated carbocycles. The van der Waals surface area contributed by atoms with Crippen LogP contribution in [0.2, 0.25) is 0 Å². The molecule has 0 aliphatic carbocycles. The molecule has 1 amide bonds. The average Bonchev–Trinajstić information content (AvgIpc) is 2.95. The van der Waals surface area contributed by atoms with E-state index in [1.807, 2.05) is 0 Å². The van der Waals surface area contributed by atoms with Crippen LogP contribution in [0.1, 0.15) is 55.6 Å². The predicted molar refractivity (Wildman–Crippen MR) is 153 cm³/mol. The first-order chi connectivity index (χ1) is 20.0. The number of amidine groups is 1. The Bertz CT molecular complexity index is 1300. The van der Waals surface area contributed by atoms with Crippen molar-refractivity contribution in [3.8, 4) is 5.75 Å². The maximum atomic E-state index is 13.5. The van der Waals surface area contributed by atoms with Gasteiger partial charge in [0.05, 0.1) is 31.8 Å². The zero-order valence-electron chi connectivity index (χ0n) is 24.0. The average molecular weight is 582 g/mol. The third-order valence-electron chi connectivity index (χ3n) is 5.70. The van der Waals surface area contributed by atoms with Crippen molar-refractivity contribution in [2.75, 3.05) is 26.4 Å². The Hall–Kier alpha value is -5.00. The number of nitrogens with one attached hydrogen (secondary N) is 1. The van der Waals surface area contributed by atoms with E-state index in [1.165, 1.54) is 37.3 Å². The zero-order chi connectivity index (χ0) is 31.2. The number of carbonyl (C=O) groups excluding carboxylic acids is 5. The SMILES string of the molecule is CCOC(=O)CCN(C(=O)/C(C)=C/c1ccc(C(=O)Oc2ccc(C(=N)N)cc2)cc1)C(C(=O)OCC)C(=O)OCC. The van der Waals surface area contributed by atoms with E-state index < -0.39 is 35.8 Å². The van der Waals surface area contributed by atoms with Crippen molar-refractivity contribution >= 4 is 41.7 Å². The molecule has 224 valence electrons. The molecular weight excluding hydrogens is 546 g/mol. The van der Waals surface area contributed by atoms with Crippen molar-refractivity contribution in [3.05, 3.63) is 70.8 Å². The summed E-state index contributed by atoms with van der Waals surface area (Å²) in [6.07, 6.45) is 1.24. The molecule has 0 atom stereocenters. The molecule has 3 N–H and O–H groups in total. The Morgan fingerprint density at radius 1 is 0.833 bits per heavy atom. The molecule has 2 rings (SSSR count). The smallest absolute Gasteiger partial charge is 0.343 e. The number of amides is 1. The van der Waals surface area contributed by atoms with Crippen LogP contribution in [0.15, 0.2) is 54.1 Å². The number of nitrogen functional groups attached to an aromatic ring is 1. The minimum absolute atomic E-state index is 0.0397. The van der Waals surface area contributed by atoms with Crippen LogP contribution in [0.25, 0.3) is 6.08 Å². The van der Waals surface area contributed by atoms with Gasteiger partial charge in [-0.15, -0.1) is 0 Å². The summed E-state index contributed by atoms with van der Waals surface area (Å²) in [5.41, 5.74) is 6.84. The van der Waals surface area contributed by atoms with Crippen LogP contribution in [0.3, 0.4) is 0 Å². The Morgan fingerprint density at radius 3 is 1.86 bits per heavy atom. The summed E-state index contributed by atoms with van der Waals surface area (Å²) in [5.74, 6) is -3.74.